The first-order valence-corrected chi connectivity index (χ1v) is 8.88. The summed E-state index contributed by atoms with van der Waals surface area (Å²) in [5, 5.41) is 0. The summed E-state index contributed by atoms with van der Waals surface area (Å²) < 4.78 is 32.7. The Balaban J connectivity index is 2.12. The van der Waals surface area contributed by atoms with E-state index >= 15 is 0 Å². The Morgan fingerprint density at radius 1 is 1.29 bits per heavy atom. The van der Waals surface area contributed by atoms with Crippen molar-refractivity contribution in [2.45, 2.75) is 50.0 Å². The van der Waals surface area contributed by atoms with Crippen molar-refractivity contribution in [3.05, 3.63) is 18.2 Å². The summed E-state index contributed by atoms with van der Waals surface area (Å²) in [5.74, 6) is 0.901. The number of rotatable bonds is 5. The molecule has 1 aliphatic rings. The molecule has 5 nitrogen and oxygen atoms in total. The van der Waals surface area contributed by atoms with Crippen LogP contribution in [-0.2, 0) is 10.0 Å². The van der Waals surface area contributed by atoms with Gasteiger partial charge in [0.25, 0.3) is 0 Å². The lowest BCUT2D eigenvalue weighted by Gasteiger charge is -2.28. The van der Waals surface area contributed by atoms with E-state index in [1.807, 2.05) is 6.92 Å². The summed E-state index contributed by atoms with van der Waals surface area (Å²) in [7, 11) is -2.04. The first kappa shape index (κ1) is 16.1. The van der Waals surface area contributed by atoms with E-state index in [0.29, 0.717) is 17.4 Å². The highest BCUT2D eigenvalue weighted by atomic mass is 32.2. The van der Waals surface area contributed by atoms with Crippen molar-refractivity contribution in [2.75, 3.05) is 12.8 Å². The van der Waals surface area contributed by atoms with Crippen molar-refractivity contribution in [2.24, 2.45) is 5.92 Å². The van der Waals surface area contributed by atoms with Crippen LogP contribution in [0.1, 0.15) is 39.0 Å². The molecule has 0 heterocycles. The fourth-order valence-corrected chi connectivity index (χ4v) is 4.27. The third kappa shape index (κ3) is 3.89. The normalized spacial score (nSPS) is 18.4. The molecule has 1 aromatic rings. The van der Waals surface area contributed by atoms with Crippen LogP contribution in [0.3, 0.4) is 0 Å². The largest absolute Gasteiger partial charge is 0.495 e. The number of hydrogen-bond acceptors (Lipinski definition) is 4. The predicted molar refractivity (Wildman–Crippen MR) is 83.8 cm³/mol. The average Bonchev–Trinajstić information content (AvgIpc) is 2.47. The van der Waals surface area contributed by atoms with E-state index in [4.69, 9.17) is 10.5 Å². The summed E-state index contributed by atoms with van der Waals surface area (Å²) in [5.41, 5.74) is 6.11. The molecule has 1 aromatic carbocycles. The third-order valence-electron chi connectivity index (χ3n) is 4.21. The lowest BCUT2D eigenvalue weighted by atomic mass is 9.85. The Hall–Kier alpha value is -1.27. The van der Waals surface area contributed by atoms with Gasteiger partial charge in [0.05, 0.1) is 17.7 Å². The van der Waals surface area contributed by atoms with Crippen LogP contribution in [0.5, 0.6) is 5.75 Å². The highest BCUT2D eigenvalue weighted by Gasteiger charge is 2.25. The molecule has 1 fully saturated rings. The zero-order valence-electron chi connectivity index (χ0n) is 12.6. The van der Waals surface area contributed by atoms with Crippen molar-refractivity contribution in [1.82, 2.24) is 4.72 Å². The predicted octanol–water partition coefficient (Wildman–Crippen LogP) is 2.52. The Morgan fingerprint density at radius 3 is 2.52 bits per heavy atom. The van der Waals surface area contributed by atoms with Gasteiger partial charge in [-0.2, -0.15) is 0 Å². The second-order valence-electron chi connectivity index (χ2n) is 5.71. The summed E-state index contributed by atoms with van der Waals surface area (Å²) in [6.45, 7) is 1.94. The van der Waals surface area contributed by atoms with Crippen molar-refractivity contribution in [3.8, 4) is 5.75 Å². The molecular weight excluding hydrogens is 288 g/mol. The summed E-state index contributed by atoms with van der Waals surface area (Å²) in [6.07, 6.45) is 5.81. The number of nitrogen functional groups attached to an aromatic ring is 1. The molecule has 0 saturated heterocycles. The maximum atomic E-state index is 12.4. The van der Waals surface area contributed by atoms with Crippen molar-refractivity contribution in [3.63, 3.8) is 0 Å². The maximum Gasteiger partial charge on any atom is 0.240 e. The number of nitrogens with one attached hydrogen (secondary N) is 1. The zero-order chi connectivity index (χ0) is 15.5. The fourth-order valence-electron chi connectivity index (χ4n) is 2.92. The molecule has 0 aromatic heterocycles. The lowest BCUT2D eigenvalue weighted by Crippen LogP contribution is -2.38. The maximum absolute atomic E-state index is 12.4. The second kappa shape index (κ2) is 6.66. The van der Waals surface area contributed by atoms with Crippen molar-refractivity contribution >= 4 is 15.7 Å². The highest BCUT2D eigenvalue weighted by molar-refractivity contribution is 7.89. The molecule has 6 heteroatoms. The molecular formula is C15H24N2O3S. The number of benzene rings is 1. The van der Waals surface area contributed by atoms with Gasteiger partial charge in [0, 0.05) is 6.04 Å². The first-order chi connectivity index (χ1) is 9.94. The van der Waals surface area contributed by atoms with Gasteiger partial charge in [-0.15, -0.1) is 0 Å². The van der Waals surface area contributed by atoms with E-state index in [2.05, 4.69) is 4.72 Å². The van der Waals surface area contributed by atoms with Gasteiger partial charge < -0.3 is 10.5 Å². The fraction of sp³-hybridized carbons (Fsp3) is 0.600. The number of anilines is 1. The Morgan fingerprint density at radius 2 is 1.95 bits per heavy atom. The molecule has 0 bridgehead atoms. The second-order valence-corrected chi connectivity index (χ2v) is 7.43. The van der Waals surface area contributed by atoms with Gasteiger partial charge in [-0.05, 0) is 43.9 Å². The molecule has 0 aliphatic heterocycles. The van der Waals surface area contributed by atoms with Gasteiger partial charge in [-0.1, -0.05) is 19.3 Å². The standard InChI is InChI=1S/C15H24N2O3S/c1-11(12-6-4-3-5-7-12)17-21(18,19)13-8-9-15(20-2)14(16)10-13/h8-12,17H,3-7,16H2,1-2H3. The molecule has 1 aliphatic carbocycles. The number of nitrogens with two attached hydrogens (primary N) is 1. The lowest BCUT2D eigenvalue weighted by molar-refractivity contribution is 0.303. The molecule has 2 rings (SSSR count). The van der Waals surface area contributed by atoms with E-state index in [9.17, 15) is 8.42 Å². The van der Waals surface area contributed by atoms with Crippen LogP contribution < -0.4 is 15.2 Å². The van der Waals surface area contributed by atoms with E-state index in [1.165, 1.54) is 38.5 Å². The summed E-state index contributed by atoms with van der Waals surface area (Å²) in [6, 6.07) is 4.48. The van der Waals surface area contributed by atoms with Gasteiger partial charge in [-0.3, -0.25) is 0 Å². The molecule has 21 heavy (non-hydrogen) atoms. The minimum atomic E-state index is -3.54. The minimum Gasteiger partial charge on any atom is -0.495 e. The molecule has 3 N–H and O–H groups in total. The van der Waals surface area contributed by atoms with E-state index in [-0.39, 0.29) is 10.9 Å². The van der Waals surface area contributed by atoms with Crippen LogP contribution >= 0.6 is 0 Å². The summed E-state index contributed by atoms with van der Waals surface area (Å²) in [4.78, 5) is 0.184. The smallest absolute Gasteiger partial charge is 0.240 e. The summed E-state index contributed by atoms with van der Waals surface area (Å²) >= 11 is 0. The SMILES string of the molecule is COc1ccc(S(=O)(=O)NC(C)C2CCCCC2)cc1N. The zero-order valence-corrected chi connectivity index (χ0v) is 13.4. The Kier molecular flexibility index (Phi) is 5.11. The van der Waals surface area contributed by atoms with Crippen LogP contribution in [0.25, 0.3) is 0 Å². The van der Waals surface area contributed by atoms with Crippen LogP contribution in [-0.4, -0.2) is 21.6 Å². The van der Waals surface area contributed by atoms with Crippen LogP contribution in [0, 0.1) is 5.92 Å². The van der Waals surface area contributed by atoms with Gasteiger partial charge in [-0.25, -0.2) is 13.1 Å². The number of ether oxygens (including phenoxy) is 1. The molecule has 118 valence electrons. The van der Waals surface area contributed by atoms with Gasteiger partial charge in [0.1, 0.15) is 5.75 Å². The number of hydrogen-bond donors (Lipinski definition) is 2. The van der Waals surface area contributed by atoms with Crippen molar-refractivity contribution in [1.29, 1.82) is 0 Å². The number of sulfonamides is 1. The Labute approximate surface area is 126 Å². The van der Waals surface area contributed by atoms with E-state index in [1.54, 1.807) is 6.07 Å². The highest BCUT2D eigenvalue weighted by Crippen LogP contribution is 2.28. The quantitative estimate of drug-likeness (QED) is 0.819. The molecule has 1 saturated carbocycles. The molecule has 0 radical (unpaired) electrons. The van der Waals surface area contributed by atoms with Crippen LogP contribution in [0.2, 0.25) is 0 Å². The monoisotopic (exact) mass is 312 g/mol. The molecule has 0 spiro atoms. The first-order valence-electron chi connectivity index (χ1n) is 7.40. The van der Waals surface area contributed by atoms with Crippen LogP contribution in [0.15, 0.2) is 23.1 Å². The van der Waals surface area contributed by atoms with Crippen LogP contribution in [0.4, 0.5) is 5.69 Å². The molecule has 0 amide bonds. The molecule has 1 atom stereocenters. The van der Waals surface area contributed by atoms with Gasteiger partial charge >= 0.3 is 0 Å². The number of methoxy groups -OCH3 is 1. The van der Waals surface area contributed by atoms with Gasteiger partial charge in [0.2, 0.25) is 10.0 Å². The topological polar surface area (TPSA) is 81.4 Å². The van der Waals surface area contributed by atoms with Crippen molar-refractivity contribution < 1.29 is 13.2 Å². The molecule has 1 unspecified atom stereocenters. The van der Waals surface area contributed by atoms with E-state index in [0.717, 1.165) is 12.8 Å². The van der Waals surface area contributed by atoms with E-state index < -0.39 is 10.0 Å². The van der Waals surface area contributed by atoms with Gasteiger partial charge in [0.15, 0.2) is 0 Å². The average molecular weight is 312 g/mol. The Bertz CT molecular complexity index is 581. The minimum absolute atomic E-state index is 0.0568. The third-order valence-corrected chi connectivity index (χ3v) is 5.77.